The normalized spacial score (nSPS) is 11.2. The van der Waals surface area contributed by atoms with Gasteiger partial charge in [0, 0.05) is 6.54 Å². The maximum atomic E-state index is 13.1. The minimum atomic E-state index is -4.61. The van der Waals surface area contributed by atoms with Gasteiger partial charge in [-0.3, -0.25) is 9.59 Å². The van der Waals surface area contributed by atoms with Crippen molar-refractivity contribution in [3.8, 4) is 0 Å². The van der Waals surface area contributed by atoms with E-state index in [9.17, 15) is 22.8 Å². The van der Waals surface area contributed by atoms with E-state index in [0.717, 1.165) is 17.7 Å². The molecule has 0 bridgehead atoms. The van der Waals surface area contributed by atoms with Gasteiger partial charge in [0.05, 0.1) is 24.0 Å². The van der Waals surface area contributed by atoms with Gasteiger partial charge in [-0.15, -0.1) is 5.10 Å². The number of amides is 2. The van der Waals surface area contributed by atoms with Crippen LogP contribution in [0.1, 0.15) is 28.5 Å². The molecule has 0 saturated carbocycles. The van der Waals surface area contributed by atoms with Gasteiger partial charge in [-0.2, -0.15) is 13.2 Å². The van der Waals surface area contributed by atoms with E-state index in [2.05, 4.69) is 15.6 Å². The molecule has 0 aliphatic rings. The van der Waals surface area contributed by atoms with Crippen molar-refractivity contribution in [2.75, 3.05) is 18.4 Å². The molecule has 31 heavy (non-hydrogen) atoms. The van der Waals surface area contributed by atoms with E-state index in [1.165, 1.54) is 27.9 Å². The van der Waals surface area contributed by atoms with Crippen LogP contribution in [0.4, 0.5) is 18.9 Å². The van der Waals surface area contributed by atoms with Crippen molar-refractivity contribution in [3.05, 3.63) is 77.6 Å². The summed E-state index contributed by atoms with van der Waals surface area (Å²) in [5.74, 6) is -1.29. The van der Waals surface area contributed by atoms with Crippen LogP contribution in [0, 0.1) is 0 Å². The van der Waals surface area contributed by atoms with Gasteiger partial charge >= 0.3 is 6.18 Å². The SMILES string of the molecule is CCN(CC(=O)Nc1ccccc1C(F)(F)F)C(=O)c1cn(Cc2ccccc2)nn1. The van der Waals surface area contributed by atoms with Crippen LogP contribution in [0.2, 0.25) is 0 Å². The Morgan fingerprint density at radius 1 is 1.06 bits per heavy atom. The summed E-state index contributed by atoms with van der Waals surface area (Å²) in [4.78, 5) is 26.2. The molecule has 3 aromatic rings. The van der Waals surface area contributed by atoms with Crippen molar-refractivity contribution in [1.29, 1.82) is 0 Å². The summed E-state index contributed by atoms with van der Waals surface area (Å²) < 4.78 is 40.8. The lowest BCUT2D eigenvalue weighted by Gasteiger charge is -2.20. The van der Waals surface area contributed by atoms with E-state index < -0.39 is 30.1 Å². The number of benzene rings is 2. The van der Waals surface area contributed by atoms with Crippen molar-refractivity contribution >= 4 is 17.5 Å². The Labute approximate surface area is 176 Å². The first-order chi connectivity index (χ1) is 14.8. The average Bonchev–Trinajstić information content (AvgIpc) is 3.20. The van der Waals surface area contributed by atoms with Crippen LogP contribution in [0.25, 0.3) is 0 Å². The summed E-state index contributed by atoms with van der Waals surface area (Å²) in [5, 5.41) is 10.0. The van der Waals surface area contributed by atoms with E-state index in [-0.39, 0.29) is 17.9 Å². The first-order valence-corrected chi connectivity index (χ1v) is 9.47. The minimum Gasteiger partial charge on any atom is -0.328 e. The third-order valence-electron chi connectivity index (χ3n) is 4.46. The molecule has 1 aromatic heterocycles. The number of alkyl halides is 3. The summed E-state index contributed by atoms with van der Waals surface area (Å²) in [7, 11) is 0. The predicted octanol–water partition coefficient (Wildman–Crippen LogP) is 3.45. The Bertz CT molecular complexity index is 1050. The van der Waals surface area contributed by atoms with Gasteiger partial charge in [0.25, 0.3) is 5.91 Å². The lowest BCUT2D eigenvalue weighted by molar-refractivity contribution is -0.137. The Kier molecular flexibility index (Phi) is 6.68. The van der Waals surface area contributed by atoms with E-state index in [1.54, 1.807) is 6.92 Å². The number of rotatable bonds is 7. The van der Waals surface area contributed by atoms with Crippen LogP contribution >= 0.6 is 0 Å². The monoisotopic (exact) mass is 431 g/mol. The molecule has 2 amide bonds. The summed E-state index contributed by atoms with van der Waals surface area (Å²) in [6.45, 7) is 1.82. The van der Waals surface area contributed by atoms with Gasteiger partial charge in [0.15, 0.2) is 5.69 Å². The number of anilines is 1. The molecule has 0 atom stereocenters. The third-order valence-corrected chi connectivity index (χ3v) is 4.46. The minimum absolute atomic E-state index is 0.0428. The fourth-order valence-corrected chi connectivity index (χ4v) is 2.94. The van der Waals surface area contributed by atoms with E-state index >= 15 is 0 Å². The van der Waals surface area contributed by atoms with Crippen molar-refractivity contribution in [1.82, 2.24) is 19.9 Å². The van der Waals surface area contributed by atoms with Gasteiger partial charge in [-0.05, 0) is 24.6 Å². The number of carbonyl (C=O) groups is 2. The van der Waals surface area contributed by atoms with Crippen LogP contribution < -0.4 is 5.32 Å². The fraction of sp³-hybridized carbons (Fsp3) is 0.238. The molecule has 162 valence electrons. The highest BCUT2D eigenvalue weighted by Crippen LogP contribution is 2.34. The van der Waals surface area contributed by atoms with E-state index in [1.807, 2.05) is 30.3 Å². The number of carbonyl (C=O) groups excluding carboxylic acids is 2. The van der Waals surface area contributed by atoms with Crippen LogP contribution in [-0.2, 0) is 17.5 Å². The van der Waals surface area contributed by atoms with Gasteiger partial charge < -0.3 is 10.2 Å². The van der Waals surface area contributed by atoms with Crippen LogP contribution in [-0.4, -0.2) is 44.8 Å². The van der Waals surface area contributed by atoms with Crippen LogP contribution in [0.5, 0.6) is 0 Å². The molecular weight excluding hydrogens is 411 g/mol. The van der Waals surface area contributed by atoms with Crippen LogP contribution in [0.15, 0.2) is 60.8 Å². The zero-order chi connectivity index (χ0) is 22.4. The zero-order valence-electron chi connectivity index (χ0n) is 16.6. The number of aromatic nitrogens is 3. The lowest BCUT2D eigenvalue weighted by Crippen LogP contribution is -2.38. The largest absolute Gasteiger partial charge is 0.418 e. The number of nitrogens with zero attached hydrogens (tertiary/aromatic N) is 4. The predicted molar refractivity (Wildman–Crippen MR) is 107 cm³/mol. The first-order valence-electron chi connectivity index (χ1n) is 9.47. The maximum absolute atomic E-state index is 13.1. The average molecular weight is 431 g/mol. The van der Waals surface area contributed by atoms with Crippen LogP contribution in [0.3, 0.4) is 0 Å². The van der Waals surface area contributed by atoms with Crippen molar-refractivity contribution in [3.63, 3.8) is 0 Å². The van der Waals surface area contributed by atoms with Gasteiger partial charge in [0.1, 0.15) is 6.54 Å². The standard InChI is InChI=1S/C21H20F3N5O2/c1-2-28(14-19(30)25-17-11-7-6-10-16(17)21(22,23)24)20(31)18-13-29(27-26-18)12-15-8-4-3-5-9-15/h3-11,13H,2,12,14H2,1H3,(H,25,30). The maximum Gasteiger partial charge on any atom is 0.418 e. The molecule has 0 fully saturated rings. The van der Waals surface area contributed by atoms with Gasteiger partial charge in [-0.25, -0.2) is 4.68 Å². The summed E-state index contributed by atoms with van der Waals surface area (Å²) in [6.07, 6.45) is -3.14. The smallest absolute Gasteiger partial charge is 0.328 e. The summed E-state index contributed by atoms with van der Waals surface area (Å²) in [6, 6.07) is 14.1. The number of hydrogen-bond donors (Lipinski definition) is 1. The molecule has 1 N–H and O–H groups in total. The molecule has 0 unspecified atom stereocenters. The highest BCUT2D eigenvalue weighted by molar-refractivity contribution is 5.98. The lowest BCUT2D eigenvalue weighted by atomic mass is 10.1. The zero-order valence-corrected chi connectivity index (χ0v) is 16.6. The fourth-order valence-electron chi connectivity index (χ4n) is 2.94. The number of halogens is 3. The second-order valence-corrected chi connectivity index (χ2v) is 6.70. The van der Waals surface area contributed by atoms with Crippen molar-refractivity contribution in [2.24, 2.45) is 0 Å². The Morgan fingerprint density at radius 2 is 1.74 bits per heavy atom. The Balaban J connectivity index is 1.66. The molecule has 0 spiro atoms. The van der Waals surface area contributed by atoms with Crippen molar-refractivity contribution < 1.29 is 22.8 Å². The first kappa shape index (κ1) is 22.0. The summed E-state index contributed by atoms with van der Waals surface area (Å²) >= 11 is 0. The third kappa shape index (κ3) is 5.68. The highest BCUT2D eigenvalue weighted by atomic mass is 19.4. The molecule has 0 aliphatic heterocycles. The molecule has 10 heteroatoms. The molecule has 0 saturated heterocycles. The number of para-hydroxylation sites is 1. The molecule has 0 aliphatic carbocycles. The number of likely N-dealkylation sites (N-methyl/N-ethyl adjacent to an activating group) is 1. The topological polar surface area (TPSA) is 80.1 Å². The molecule has 7 nitrogen and oxygen atoms in total. The molecule has 2 aromatic carbocycles. The molecule has 0 radical (unpaired) electrons. The van der Waals surface area contributed by atoms with E-state index in [0.29, 0.717) is 6.54 Å². The highest BCUT2D eigenvalue weighted by Gasteiger charge is 2.33. The van der Waals surface area contributed by atoms with Crippen molar-refractivity contribution in [2.45, 2.75) is 19.6 Å². The Morgan fingerprint density at radius 3 is 2.42 bits per heavy atom. The Hall–Kier alpha value is -3.69. The summed E-state index contributed by atoms with van der Waals surface area (Å²) in [5.41, 5.74) is -0.304. The second-order valence-electron chi connectivity index (χ2n) is 6.70. The molecular formula is C21H20F3N5O2. The van der Waals surface area contributed by atoms with Gasteiger partial charge in [0.2, 0.25) is 5.91 Å². The quantitative estimate of drug-likeness (QED) is 0.622. The molecule has 1 heterocycles. The number of hydrogen-bond acceptors (Lipinski definition) is 4. The van der Waals surface area contributed by atoms with E-state index in [4.69, 9.17) is 0 Å². The number of nitrogens with one attached hydrogen (secondary N) is 1. The molecule has 3 rings (SSSR count). The van der Waals surface area contributed by atoms with Gasteiger partial charge in [-0.1, -0.05) is 47.7 Å². The second kappa shape index (κ2) is 9.41.